The van der Waals surface area contributed by atoms with Crippen molar-refractivity contribution in [1.82, 2.24) is 20.9 Å². The van der Waals surface area contributed by atoms with Gasteiger partial charge in [-0.15, -0.1) is 0 Å². The summed E-state index contributed by atoms with van der Waals surface area (Å²) in [4.78, 5) is 28.1. The Bertz CT molecular complexity index is 560. The molecule has 3 N–H and O–H groups in total. The molecule has 1 heterocycles. The largest absolute Gasteiger partial charge is 0.375 e. The maximum Gasteiger partial charge on any atom is 0.324 e. The summed E-state index contributed by atoms with van der Waals surface area (Å²) < 4.78 is 5.58. The van der Waals surface area contributed by atoms with E-state index in [0.29, 0.717) is 38.8 Å². The third-order valence-electron chi connectivity index (χ3n) is 3.44. The quantitative estimate of drug-likeness (QED) is 0.268. The molecule has 1 aliphatic heterocycles. The molecule has 0 bridgehead atoms. The fourth-order valence-electron chi connectivity index (χ4n) is 2.19. The van der Waals surface area contributed by atoms with Gasteiger partial charge < -0.3 is 20.7 Å². The van der Waals surface area contributed by atoms with E-state index < -0.39 is 0 Å². The lowest BCUT2D eigenvalue weighted by molar-refractivity contribution is -0.124. The SMILES string of the molecule is CN=C(NCCOCc1ccccc1)NCCN1C(=O)CNC1=O. The van der Waals surface area contributed by atoms with Crippen LogP contribution in [0.3, 0.4) is 0 Å². The molecule has 1 aliphatic rings. The predicted molar refractivity (Wildman–Crippen MR) is 90.6 cm³/mol. The van der Waals surface area contributed by atoms with E-state index in [0.717, 1.165) is 5.56 Å². The van der Waals surface area contributed by atoms with E-state index in [1.165, 1.54) is 4.90 Å². The fourth-order valence-corrected chi connectivity index (χ4v) is 2.19. The van der Waals surface area contributed by atoms with Gasteiger partial charge in [0.05, 0.1) is 19.8 Å². The minimum Gasteiger partial charge on any atom is -0.375 e. The van der Waals surface area contributed by atoms with Crippen molar-refractivity contribution in [2.24, 2.45) is 4.99 Å². The number of ether oxygens (including phenoxy) is 1. The molecular weight excluding hydrogens is 310 g/mol. The summed E-state index contributed by atoms with van der Waals surface area (Å²) >= 11 is 0. The van der Waals surface area contributed by atoms with Crippen molar-refractivity contribution in [1.29, 1.82) is 0 Å². The van der Waals surface area contributed by atoms with Crippen LogP contribution >= 0.6 is 0 Å². The topological polar surface area (TPSA) is 95.1 Å². The number of hydrogen-bond acceptors (Lipinski definition) is 4. The molecule has 24 heavy (non-hydrogen) atoms. The monoisotopic (exact) mass is 333 g/mol. The van der Waals surface area contributed by atoms with E-state index in [1.807, 2.05) is 30.3 Å². The Kier molecular flexibility index (Phi) is 7.03. The Morgan fingerprint density at radius 2 is 2.00 bits per heavy atom. The number of nitrogens with zero attached hydrogens (tertiary/aromatic N) is 2. The average molecular weight is 333 g/mol. The van der Waals surface area contributed by atoms with Crippen molar-refractivity contribution >= 4 is 17.9 Å². The van der Waals surface area contributed by atoms with Crippen molar-refractivity contribution in [3.05, 3.63) is 35.9 Å². The molecule has 1 aromatic rings. The van der Waals surface area contributed by atoms with Crippen molar-refractivity contribution in [2.75, 3.05) is 39.8 Å². The van der Waals surface area contributed by atoms with Crippen molar-refractivity contribution in [2.45, 2.75) is 6.61 Å². The van der Waals surface area contributed by atoms with Gasteiger partial charge in [-0.3, -0.25) is 14.7 Å². The summed E-state index contributed by atoms with van der Waals surface area (Å²) in [6.45, 7) is 2.53. The van der Waals surface area contributed by atoms with Crippen LogP contribution < -0.4 is 16.0 Å². The van der Waals surface area contributed by atoms with Crippen LogP contribution in [-0.2, 0) is 16.1 Å². The number of amides is 3. The number of benzene rings is 1. The third kappa shape index (κ3) is 5.54. The average Bonchev–Trinajstić information content (AvgIpc) is 2.92. The first-order chi connectivity index (χ1) is 11.7. The highest BCUT2D eigenvalue weighted by atomic mass is 16.5. The maximum absolute atomic E-state index is 11.4. The zero-order valence-electron chi connectivity index (χ0n) is 13.7. The molecule has 8 heteroatoms. The van der Waals surface area contributed by atoms with Gasteiger partial charge in [0.2, 0.25) is 5.91 Å². The Labute approximate surface area is 141 Å². The molecule has 1 saturated heterocycles. The van der Waals surface area contributed by atoms with Gasteiger partial charge in [0.1, 0.15) is 0 Å². The standard InChI is InChI=1S/C16H23N5O3/c1-17-15(18-7-9-21-14(22)11-20-16(21)23)19-8-10-24-12-13-5-3-2-4-6-13/h2-6H,7-12H2,1H3,(H,20,23)(H2,17,18,19). The van der Waals surface area contributed by atoms with Gasteiger partial charge in [0, 0.05) is 26.7 Å². The highest BCUT2D eigenvalue weighted by Gasteiger charge is 2.27. The van der Waals surface area contributed by atoms with Crippen LogP contribution in [0.4, 0.5) is 4.79 Å². The van der Waals surface area contributed by atoms with Crippen molar-refractivity contribution in [3.8, 4) is 0 Å². The van der Waals surface area contributed by atoms with Crippen LogP contribution in [0.2, 0.25) is 0 Å². The van der Waals surface area contributed by atoms with Crippen LogP contribution in [0.15, 0.2) is 35.3 Å². The van der Waals surface area contributed by atoms with E-state index in [1.54, 1.807) is 7.05 Å². The zero-order valence-corrected chi connectivity index (χ0v) is 13.7. The summed E-state index contributed by atoms with van der Waals surface area (Å²) in [5, 5.41) is 8.65. The van der Waals surface area contributed by atoms with E-state index in [4.69, 9.17) is 4.74 Å². The maximum atomic E-state index is 11.4. The zero-order chi connectivity index (χ0) is 17.2. The second kappa shape index (κ2) is 9.51. The molecule has 0 atom stereocenters. The van der Waals surface area contributed by atoms with Gasteiger partial charge in [0.15, 0.2) is 5.96 Å². The second-order valence-corrected chi connectivity index (χ2v) is 5.17. The molecular formula is C16H23N5O3. The normalized spacial score (nSPS) is 14.7. The predicted octanol–water partition coefficient (Wildman–Crippen LogP) is -0.0800. The van der Waals surface area contributed by atoms with E-state index >= 15 is 0 Å². The van der Waals surface area contributed by atoms with E-state index in [-0.39, 0.29) is 18.5 Å². The number of rotatable bonds is 8. The Morgan fingerprint density at radius 1 is 1.25 bits per heavy atom. The van der Waals surface area contributed by atoms with Gasteiger partial charge in [-0.1, -0.05) is 30.3 Å². The molecule has 0 aliphatic carbocycles. The summed E-state index contributed by atoms with van der Waals surface area (Å²) in [5.41, 5.74) is 1.13. The van der Waals surface area contributed by atoms with Gasteiger partial charge in [0.25, 0.3) is 0 Å². The van der Waals surface area contributed by atoms with Crippen LogP contribution in [-0.4, -0.2) is 62.6 Å². The summed E-state index contributed by atoms with van der Waals surface area (Å²) in [5.74, 6) is 0.393. The minimum absolute atomic E-state index is 0.0740. The number of urea groups is 1. The van der Waals surface area contributed by atoms with E-state index in [2.05, 4.69) is 20.9 Å². The van der Waals surface area contributed by atoms with Gasteiger partial charge in [-0.25, -0.2) is 4.79 Å². The molecule has 1 fully saturated rings. The third-order valence-corrected chi connectivity index (χ3v) is 3.44. The fraction of sp³-hybridized carbons (Fsp3) is 0.438. The van der Waals surface area contributed by atoms with Crippen molar-refractivity contribution in [3.63, 3.8) is 0 Å². The number of carbonyl (C=O) groups excluding carboxylic acids is 2. The Morgan fingerprint density at radius 3 is 2.67 bits per heavy atom. The summed E-state index contributed by atoms with van der Waals surface area (Å²) in [6.07, 6.45) is 0. The molecule has 8 nitrogen and oxygen atoms in total. The summed E-state index contributed by atoms with van der Waals surface area (Å²) in [6, 6.07) is 9.62. The first-order valence-electron chi connectivity index (χ1n) is 7.85. The summed E-state index contributed by atoms with van der Waals surface area (Å²) in [7, 11) is 1.66. The number of carbonyl (C=O) groups is 2. The smallest absolute Gasteiger partial charge is 0.324 e. The molecule has 0 saturated carbocycles. The number of imide groups is 1. The first-order valence-corrected chi connectivity index (χ1v) is 7.85. The number of hydrogen-bond donors (Lipinski definition) is 3. The van der Waals surface area contributed by atoms with Gasteiger partial charge in [-0.2, -0.15) is 0 Å². The number of aliphatic imine (C=N–C) groups is 1. The first kappa shape index (κ1) is 17.7. The van der Waals surface area contributed by atoms with E-state index in [9.17, 15) is 9.59 Å². The molecule has 130 valence electrons. The minimum atomic E-state index is -0.348. The van der Waals surface area contributed by atoms with Crippen LogP contribution in [0.1, 0.15) is 5.56 Å². The molecule has 1 aromatic carbocycles. The lowest BCUT2D eigenvalue weighted by Crippen LogP contribution is -2.44. The molecule has 0 aromatic heterocycles. The number of nitrogens with one attached hydrogen (secondary N) is 3. The van der Waals surface area contributed by atoms with Crippen LogP contribution in [0.25, 0.3) is 0 Å². The Balaban J connectivity index is 1.57. The Hall–Kier alpha value is -2.61. The van der Waals surface area contributed by atoms with Crippen LogP contribution in [0, 0.1) is 0 Å². The second-order valence-electron chi connectivity index (χ2n) is 5.17. The lowest BCUT2D eigenvalue weighted by atomic mass is 10.2. The molecule has 3 amide bonds. The molecule has 0 spiro atoms. The lowest BCUT2D eigenvalue weighted by Gasteiger charge is -2.15. The highest BCUT2D eigenvalue weighted by molar-refractivity contribution is 6.01. The molecule has 0 radical (unpaired) electrons. The molecule has 0 unspecified atom stereocenters. The van der Waals surface area contributed by atoms with Gasteiger partial charge >= 0.3 is 6.03 Å². The van der Waals surface area contributed by atoms with Gasteiger partial charge in [-0.05, 0) is 5.56 Å². The molecule has 2 rings (SSSR count). The highest BCUT2D eigenvalue weighted by Crippen LogP contribution is 1.99. The van der Waals surface area contributed by atoms with Crippen LogP contribution in [0.5, 0.6) is 0 Å². The number of guanidine groups is 1. The van der Waals surface area contributed by atoms with Crippen molar-refractivity contribution < 1.29 is 14.3 Å².